The van der Waals surface area contributed by atoms with Gasteiger partial charge in [0.15, 0.2) is 0 Å². The Morgan fingerprint density at radius 1 is 1.00 bits per heavy atom. The molecule has 0 N–H and O–H groups in total. The zero-order valence-electron chi connectivity index (χ0n) is 22.7. The monoisotopic (exact) mass is 483 g/mol. The van der Waals surface area contributed by atoms with Gasteiger partial charge in [-0.3, -0.25) is 4.79 Å². The van der Waals surface area contributed by atoms with Crippen LogP contribution in [0.25, 0.3) is 0 Å². The number of carbonyl (C=O) groups excluding carboxylic acids is 1. The van der Waals surface area contributed by atoms with Crippen LogP contribution in [-0.4, -0.2) is 42.4 Å². The van der Waals surface area contributed by atoms with Crippen LogP contribution in [0.5, 0.6) is 0 Å². The summed E-state index contributed by atoms with van der Waals surface area (Å²) in [5.74, 6) is 4.93. The van der Waals surface area contributed by atoms with Crippen LogP contribution >= 0.6 is 0 Å². The average Bonchev–Trinajstić information content (AvgIpc) is 3.30. The largest absolute Gasteiger partial charge is 0.374 e. The van der Waals surface area contributed by atoms with Crippen LogP contribution in [0, 0.1) is 52.3 Å². The number of carbonyl (C=O) groups is 1. The Labute approximate surface area is 213 Å². The van der Waals surface area contributed by atoms with Crippen LogP contribution in [0.1, 0.15) is 91.9 Å². The highest BCUT2D eigenvalue weighted by molar-refractivity contribution is 5.49. The summed E-state index contributed by atoms with van der Waals surface area (Å²) < 4.78 is 13.2. The molecule has 0 aromatic heterocycles. The molecule has 0 bridgehead atoms. The molecule has 6 aliphatic rings. The molecule has 6 rings (SSSR count). The zero-order chi connectivity index (χ0) is 24.6. The van der Waals surface area contributed by atoms with E-state index >= 15 is 0 Å². The molecular formula is C31H49NO3. The standard InChI is InChI=1S/C31H49NO3/c1-6-15-34-23-10-12-29(4)22(16-23)7-8-24-25(29)11-13-30(5)26(24)17-27-28(30)21(3)31(35-27)14-9-20(2)18-32(31)19-33/h6,19-28H,1,7-18H2,2-5H3/t20-,21?,22?,23-,24+,25?,26?,27?,28?,29-,30-,31-/m0/s1. The molecule has 2 saturated heterocycles. The number of likely N-dealkylation sites (tertiary alicyclic amines) is 1. The summed E-state index contributed by atoms with van der Waals surface area (Å²) >= 11 is 0. The number of fused-ring (bicyclic) bond motifs is 7. The molecule has 2 heterocycles. The van der Waals surface area contributed by atoms with Gasteiger partial charge < -0.3 is 14.4 Å². The van der Waals surface area contributed by atoms with Crippen molar-refractivity contribution in [1.82, 2.24) is 4.90 Å². The lowest BCUT2D eigenvalue weighted by Gasteiger charge is -2.61. The van der Waals surface area contributed by atoms with Gasteiger partial charge in [-0.25, -0.2) is 0 Å². The van der Waals surface area contributed by atoms with Gasteiger partial charge in [0, 0.05) is 12.5 Å². The van der Waals surface area contributed by atoms with Gasteiger partial charge in [0.05, 0.1) is 18.8 Å². The third-order valence-corrected chi connectivity index (χ3v) is 12.9. The van der Waals surface area contributed by atoms with E-state index in [4.69, 9.17) is 9.47 Å². The van der Waals surface area contributed by atoms with E-state index in [-0.39, 0.29) is 5.72 Å². The first-order chi connectivity index (χ1) is 16.8. The zero-order valence-corrected chi connectivity index (χ0v) is 22.7. The Hall–Kier alpha value is -0.870. The predicted molar refractivity (Wildman–Crippen MR) is 138 cm³/mol. The summed E-state index contributed by atoms with van der Waals surface area (Å²) in [5.41, 5.74) is 0.499. The van der Waals surface area contributed by atoms with Crippen molar-refractivity contribution in [3.05, 3.63) is 12.7 Å². The maximum absolute atomic E-state index is 12.2. The van der Waals surface area contributed by atoms with Gasteiger partial charge >= 0.3 is 0 Å². The van der Waals surface area contributed by atoms with Gasteiger partial charge in [-0.1, -0.05) is 33.8 Å². The molecular weight excluding hydrogens is 434 g/mol. The van der Waals surface area contributed by atoms with Crippen LogP contribution in [0.4, 0.5) is 0 Å². The van der Waals surface area contributed by atoms with E-state index in [2.05, 4.69) is 39.2 Å². The molecule has 4 heteroatoms. The highest BCUT2D eigenvalue weighted by atomic mass is 16.5. The van der Waals surface area contributed by atoms with Crippen molar-refractivity contribution in [1.29, 1.82) is 0 Å². The van der Waals surface area contributed by atoms with Gasteiger partial charge in [0.1, 0.15) is 5.72 Å². The lowest BCUT2D eigenvalue weighted by atomic mass is 9.44. The van der Waals surface area contributed by atoms with Crippen molar-refractivity contribution in [2.75, 3.05) is 13.2 Å². The van der Waals surface area contributed by atoms with Gasteiger partial charge in [0.2, 0.25) is 6.41 Å². The molecule has 1 spiro atoms. The third-order valence-electron chi connectivity index (χ3n) is 12.9. The molecule has 4 saturated carbocycles. The highest BCUT2D eigenvalue weighted by Gasteiger charge is 2.69. The van der Waals surface area contributed by atoms with Crippen LogP contribution in [0.15, 0.2) is 12.7 Å². The van der Waals surface area contributed by atoms with Crippen molar-refractivity contribution < 1.29 is 14.3 Å². The van der Waals surface area contributed by atoms with Gasteiger partial charge in [-0.05, 0) is 111 Å². The number of amides is 1. The van der Waals surface area contributed by atoms with Crippen LogP contribution < -0.4 is 0 Å². The van der Waals surface area contributed by atoms with E-state index in [1.165, 1.54) is 57.8 Å². The fourth-order valence-electron chi connectivity index (χ4n) is 11.2. The predicted octanol–water partition coefficient (Wildman–Crippen LogP) is 6.45. The minimum atomic E-state index is -0.345. The molecule has 196 valence electrons. The van der Waals surface area contributed by atoms with Gasteiger partial charge in [-0.15, -0.1) is 6.58 Å². The van der Waals surface area contributed by atoms with Crippen molar-refractivity contribution in [2.24, 2.45) is 52.3 Å². The number of hydrogen-bond donors (Lipinski definition) is 0. The van der Waals surface area contributed by atoms with E-state index in [1.54, 1.807) is 0 Å². The maximum Gasteiger partial charge on any atom is 0.211 e. The maximum atomic E-state index is 12.2. The number of rotatable bonds is 4. The Kier molecular flexibility index (Phi) is 6.00. The Morgan fingerprint density at radius 3 is 2.57 bits per heavy atom. The molecule has 6 fully saturated rings. The van der Waals surface area contributed by atoms with Crippen LogP contribution in [0.3, 0.4) is 0 Å². The summed E-state index contributed by atoms with van der Waals surface area (Å²) in [6, 6.07) is 0. The van der Waals surface area contributed by atoms with E-state index in [0.29, 0.717) is 47.4 Å². The molecule has 2 aliphatic heterocycles. The first kappa shape index (κ1) is 24.5. The second-order valence-corrected chi connectivity index (χ2v) is 14.2. The summed E-state index contributed by atoms with van der Waals surface area (Å²) in [7, 11) is 0. The molecule has 0 radical (unpaired) electrons. The minimum Gasteiger partial charge on any atom is -0.374 e. The second kappa shape index (κ2) is 8.58. The van der Waals surface area contributed by atoms with Crippen molar-refractivity contribution >= 4 is 6.41 Å². The Balaban J connectivity index is 1.22. The molecule has 4 aliphatic carbocycles. The molecule has 1 amide bonds. The van der Waals surface area contributed by atoms with Gasteiger partial charge in [-0.2, -0.15) is 0 Å². The number of piperidine rings is 1. The topological polar surface area (TPSA) is 38.8 Å². The summed E-state index contributed by atoms with van der Waals surface area (Å²) in [6.07, 6.45) is 16.5. The Morgan fingerprint density at radius 2 is 1.80 bits per heavy atom. The fourth-order valence-corrected chi connectivity index (χ4v) is 11.2. The molecule has 35 heavy (non-hydrogen) atoms. The van der Waals surface area contributed by atoms with E-state index in [0.717, 1.165) is 43.0 Å². The average molecular weight is 484 g/mol. The van der Waals surface area contributed by atoms with Crippen molar-refractivity contribution in [3.8, 4) is 0 Å². The lowest BCUT2D eigenvalue weighted by molar-refractivity contribution is -0.194. The van der Waals surface area contributed by atoms with Crippen LogP contribution in [-0.2, 0) is 14.3 Å². The second-order valence-electron chi connectivity index (χ2n) is 14.2. The normalized spacial score (nSPS) is 55.1. The third kappa shape index (κ3) is 3.40. The lowest BCUT2D eigenvalue weighted by Crippen LogP contribution is -2.59. The van der Waals surface area contributed by atoms with E-state index < -0.39 is 0 Å². The minimum absolute atomic E-state index is 0.336. The number of nitrogens with zero attached hydrogens (tertiary/aromatic N) is 1. The first-order valence-corrected chi connectivity index (χ1v) is 14.9. The smallest absolute Gasteiger partial charge is 0.211 e. The molecule has 6 unspecified atom stereocenters. The van der Waals surface area contributed by atoms with Crippen LogP contribution in [0.2, 0.25) is 0 Å². The fraction of sp³-hybridized carbons (Fsp3) is 0.903. The molecule has 4 nitrogen and oxygen atoms in total. The summed E-state index contributed by atoms with van der Waals surface area (Å²) in [4.78, 5) is 14.2. The Bertz CT molecular complexity index is 845. The molecule has 0 aromatic rings. The SMILES string of the molecule is C=CCO[C@H]1CC[C@@]2(C)C(CC[C@@H]3C2CC[C@]2(C)C4C(CC32)O[C@@]2(CC[C@H](C)CN2C=O)C4C)C1. The van der Waals surface area contributed by atoms with E-state index in [1.807, 2.05) is 6.08 Å². The molecule has 12 atom stereocenters. The number of ether oxygens (including phenoxy) is 2. The number of hydrogen-bond acceptors (Lipinski definition) is 3. The van der Waals surface area contributed by atoms with Crippen molar-refractivity contribution in [2.45, 2.75) is 110 Å². The quantitative estimate of drug-likeness (QED) is 0.341. The first-order valence-electron chi connectivity index (χ1n) is 14.9. The summed E-state index contributed by atoms with van der Waals surface area (Å²) in [5, 5.41) is 0. The highest BCUT2D eigenvalue weighted by Crippen LogP contribution is 2.71. The summed E-state index contributed by atoms with van der Waals surface area (Å²) in [6.45, 7) is 15.4. The van der Waals surface area contributed by atoms with Gasteiger partial charge in [0.25, 0.3) is 0 Å². The van der Waals surface area contributed by atoms with E-state index in [9.17, 15) is 4.79 Å². The molecule has 0 aromatic carbocycles. The van der Waals surface area contributed by atoms with Crippen molar-refractivity contribution in [3.63, 3.8) is 0 Å².